The molecule has 3 rings (SSSR count). The number of amidine groups is 1. The molecule has 0 spiro atoms. The number of oxime groups is 1. The third-order valence-corrected chi connectivity index (χ3v) is 3.93. The zero-order chi connectivity index (χ0) is 13.2. The summed E-state index contributed by atoms with van der Waals surface area (Å²) in [5, 5.41) is 11.7. The molecule has 1 saturated heterocycles. The van der Waals surface area contributed by atoms with E-state index in [-0.39, 0.29) is 5.84 Å². The molecule has 2 heterocycles. The molecule has 1 aromatic rings. The van der Waals surface area contributed by atoms with Crippen molar-refractivity contribution in [2.75, 3.05) is 18.1 Å². The lowest BCUT2D eigenvalue weighted by Gasteiger charge is -2.39. The van der Waals surface area contributed by atoms with Gasteiger partial charge in [-0.3, -0.25) is 4.98 Å². The molecular weight excluding hydrogens is 244 g/mol. The van der Waals surface area contributed by atoms with Crippen molar-refractivity contribution >= 4 is 11.5 Å². The summed E-state index contributed by atoms with van der Waals surface area (Å²) in [7, 11) is 0. The lowest BCUT2D eigenvalue weighted by molar-refractivity contribution is 0.0256. The van der Waals surface area contributed by atoms with Gasteiger partial charge < -0.3 is 20.6 Å². The molecule has 2 aliphatic rings. The Morgan fingerprint density at radius 1 is 1.53 bits per heavy atom. The van der Waals surface area contributed by atoms with Crippen molar-refractivity contribution in [2.45, 2.75) is 31.4 Å². The Morgan fingerprint density at radius 3 is 3.26 bits per heavy atom. The number of pyridine rings is 1. The van der Waals surface area contributed by atoms with Crippen LogP contribution in [0.2, 0.25) is 0 Å². The molecule has 0 amide bonds. The molecule has 2 fully saturated rings. The highest BCUT2D eigenvalue weighted by Crippen LogP contribution is 2.33. The standard InChI is InChI=1S/C13H18N4O2/c14-13(16-18)10-8-9(4-5-15-10)17-6-7-19-12-3-1-2-11(12)17/h4-5,8,11-12,18H,1-3,6-7H2,(H2,14,16). The normalized spacial score (nSPS) is 27.4. The van der Waals surface area contributed by atoms with Gasteiger partial charge in [0.2, 0.25) is 0 Å². The summed E-state index contributed by atoms with van der Waals surface area (Å²) in [6.07, 6.45) is 5.55. The fourth-order valence-corrected chi connectivity index (χ4v) is 3.04. The SMILES string of the molecule is NC(=NO)c1cc(N2CCOC3CCCC32)ccn1. The van der Waals surface area contributed by atoms with Gasteiger partial charge in [0.05, 0.1) is 18.8 Å². The van der Waals surface area contributed by atoms with Crippen molar-refractivity contribution in [2.24, 2.45) is 10.9 Å². The molecule has 6 nitrogen and oxygen atoms in total. The smallest absolute Gasteiger partial charge is 0.188 e. The molecule has 1 aromatic heterocycles. The molecule has 3 N–H and O–H groups in total. The van der Waals surface area contributed by atoms with Crippen molar-refractivity contribution in [3.8, 4) is 0 Å². The number of aromatic nitrogens is 1. The number of hydrogen-bond donors (Lipinski definition) is 2. The van der Waals surface area contributed by atoms with Crippen molar-refractivity contribution in [3.63, 3.8) is 0 Å². The van der Waals surface area contributed by atoms with Crippen molar-refractivity contribution in [3.05, 3.63) is 24.0 Å². The third-order valence-electron chi connectivity index (χ3n) is 3.93. The summed E-state index contributed by atoms with van der Waals surface area (Å²) in [5.41, 5.74) is 7.16. The van der Waals surface area contributed by atoms with Gasteiger partial charge in [-0.25, -0.2) is 0 Å². The van der Waals surface area contributed by atoms with E-state index in [4.69, 9.17) is 15.7 Å². The largest absolute Gasteiger partial charge is 0.409 e. The van der Waals surface area contributed by atoms with Gasteiger partial charge in [-0.15, -0.1) is 0 Å². The Kier molecular flexibility index (Phi) is 3.25. The maximum absolute atomic E-state index is 8.73. The molecule has 2 unspecified atom stereocenters. The van der Waals surface area contributed by atoms with E-state index in [2.05, 4.69) is 15.0 Å². The maximum Gasteiger partial charge on any atom is 0.188 e. The fraction of sp³-hybridized carbons (Fsp3) is 0.538. The Morgan fingerprint density at radius 2 is 2.42 bits per heavy atom. The van der Waals surface area contributed by atoms with Gasteiger partial charge in [-0.2, -0.15) is 0 Å². The highest BCUT2D eigenvalue weighted by Gasteiger charge is 2.36. The molecule has 2 atom stereocenters. The second-order valence-corrected chi connectivity index (χ2v) is 4.99. The molecular formula is C13H18N4O2. The molecule has 19 heavy (non-hydrogen) atoms. The zero-order valence-electron chi connectivity index (χ0n) is 10.7. The Bertz CT molecular complexity index is 491. The summed E-state index contributed by atoms with van der Waals surface area (Å²) < 4.78 is 5.81. The number of fused-ring (bicyclic) bond motifs is 1. The zero-order valence-corrected chi connectivity index (χ0v) is 10.7. The van der Waals surface area contributed by atoms with Crippen LogP contribution in [0.3, 0.4) is 0 Å². The van der Waals surface area contributed by atoms with Crippen LogP contribution in [-0.2, 0) is 4.74 Å². The highest BCUT2D eigenvalue weighted by atomic mass is 16.5. The van der Waals surface area contributed by atoms with Gasteiger partial charge in [0, 0.05) is 18.4 Å². The quantitative estimate of drug-likeness (QED) is 0.358. The van der Waals surface area contributed by atoms with Gasteiger partial charge >= 0.3 is 0 Å². The topological polar surface area (TPSA) is 84.0 Å². The first kappa shape index (κ1) is 12.2. The maximum atomic E-state index is 8.73. The summed E-state index contributed by atoms with van der Waals surface area (Å²) in [6.45, 7) is 1.63. The van der Waals surface area contributed by atoms with E-state index >= 15 is 0 Å². The van der Waals surface area contributed by atoms with Crippen LogP contribution in [0.4, 0.5) is 5.69 Å². The molecule has 0 radical (unpaired) electrons. The summed E-state index contributed by atoms with van der Waals surface area (Å²) in [6, 6.07) is 4.28. The van der Waals surface area contributed by atoms with Gasteiger partial charge in [0.25, 0.3) is 0 Å². The lowest BCUT2D eigenvalue weighted by atomic mass is 10.1. The van der Waals surface area contributed by atoms with E-state index in [1.165, 1.54) is 6.42 Å². The van der Waals surface area contributed by atoms with Crippen molar-refractivity contribution < 1.29 is 9.94 Å². The first-order valence-corrected chi connectivity index (χ1v) is 6.62. The predicted molar refractivity (Wildman–Crippen MR) is 71.5 cm³/mol. The Hall–Kier alpha value is -1.82. The van der Waals surface area contributed by atoms with Crippen LogP contribution in [0.25, 0.3) is 0 Å². The van der Waals surface area contributed by atoms with Crippen molar-refractivity contribution in [1.82, 2.24) is 4.98 Å². The number of hydrogen-bond acceptors (Lipinski definition) is 5. The number of nitrogens with two attached hydrogens (primary N) is 1. The molecule has 0 bridgehead atoms. The van der Waals surface area contributed by atoms with E-state index in [1.54, 1.807) is 6.20 Å². The van der Waals surface area contributed by atoms with Crippen LogP contribution in [-0.4, -0.2) is 41.3 Å². The number of nitrogens with zero attached hydrogens (tertiary/aromatic N) is 3. The number of rotatable bonds is 2. The van der Waals surface area contributed by atoms with Crippen LogP contribution in [0, 0.1) is 0 Å². The first-order valence-electron chi connectivity index (χ1n) is 6.62. The number of ether oxygens (including phenoxy) is 1. The minimum atomic E-state index is 0.0399. The van der Waals surface area contributed by atoms with Crippen LogP contribution in [0.15, 0.2) is 23.5 Å². The number of morpholine rings is 1. The molecule has 0 aromatic carbocycles. The first-order chi connectivity index (χ1) is 9.29. The summed E-state index contributed by atoms with van der Waals surface area (Å²) >= 11 is 0. The minimum Gasteiger partial charge on any atom is -0.409 e. The van der Waals surface area contributed by atoms with E-state index in [0.29, 0.717) is 17.8 Å². The van der Waals surface area contributed by atoms with E-state index in [0.717, 1.165) is 31.7 Å². The van der Waals surface area contributed by atoms with E-state index < -0.39 is 0 Å². The molecule has 1 aliphatic carbocycles. The average Bonchev–Trinajstić information content (AvgIpc) is 2.94. The second-order valence-electron chi connectivity index (χ2n) is 4.99. The van der Waals surface area contributed by atoms with Crippen molar-refractivity contribution in [1.29, 1.82) is 0 Å². The Labute approximate surface area is 111 Å². The van der Waals surface area contributed by atoms with Gasteiger partial charge in [-0.05, 0) is 31.4 Å². The third kappa shape index (κ3) is 2.23. The van der Waals surface area contributed by atoms with Gasteiger partial charge in [-0.1, -0.05) is 5.16 Å². The highest BCUT2D eigenvalue weighted by molar-refractivity contribution is 5.95. The molecule has 6 heteroatoms. The molecule has 102 valence electrons. The van der Waals surface area contributed by atoms with Crippen LogP contribution < -0.4 is 10.6 Å². The summed E-state index contributed by atoms with van der Waals surface area (Å²) in [4.78, 5) is 6.47. The monoisotopic (exact) mass is 262 g/mol. The fourth-order valence-electron chi connectivity index (χ4n) is 3.04. The minimum absolute atomic E-state index is 0.0399. The Balaban J connectivity index is 1.88. The molecule has 1 aliphatic heterocycles. The summed E-state index contributed by atoms with van der Waals surface area (Å²) in [5.74, 6) is 0.0399. The van der Waals surface area contributed by atoms with E-state index in [9.17, 15) is 0 Å². The average molecular weight is 262 g/mol. The van der Waals surface area contributed by atoms with Crippen LogP contribution in [0.5, 0.6) is 0 Å². The van der Waals surface area contributed by atoms with E-state index in [1.807, 2.05) is 12.1 Å². The predicted octanol–water partition coefficient (Wildman–Crippen LogP) is 0.934. The lowest BCUT2D eigenvalue weighted by Crippen LogP contribution is -2.48. The number of anilines is 1. The van der Waals surface area contributed by atoms with Gasteiger partial charge in [0.15, 0.2) is 5.84 Å². The van der Waals surface area contributed by atoms with Crippen LogP contribution in [0.1, 0.15) is 25.0 Å². The van der Waals surface area contributed by atoms with Crippen LogP contribution >= 0.6 is 0 Å². The molecule has 1 saturated carbocycles. The second kappa shape index (κ2) is 5.05. The van der Waals surface area contributed by atoms with Gasteiger partial charge in [0.1, 0.15) is 5.69 Å².